The van der Waals surface area contributed by atoms with E-state index in [0.717, 1.165) is 0 Å². The Bertz CT molecular complexity index is 47.7. The normalized spacial score (nSPS) is 16.5. The fourth-order valence-corrected chi connectivity index (χ4v) is 0.180. The maximum Gasteiger partial charge on any atom is 1.00 e. The topological polar surface area (TPSA) is 40.5 Å². The van der Waals surface area contributed by atoms with Crippen LogP contribution < -0.4 is 29.6 Å². The van der Waals surface area contributed by atoms with Crippen molar-refractivity contribution in [2.75, 3.05) is 6.61 Å². The number of hydrogen-bond acceptors (Lipinski definition) is 2. The van der Waals surface area contributed by atoms with Crippen LogP contribution in [0.25, 0.3) is 0 Å². The monoisotopic (exact) mass is 126 g/mol. The van der Waals surface area contributed by atoms with Gasteiger partial charge in [-0.15, -0.1) is 5.92 Å². The van der Waals surface area contributed by atoms with E-state index >= 15 is 0 Å². The van der Waals surface area contributed by atoms with Gasteiger partial charge < -0.3 is 17.1 Å². The molecule has 2 N–H and O–H groups in total. The Morgan fingerprint density at radius 3 is 2.00 bits per heavy atom. The van der Waals surface area contributed by atoms with Crippen molar-refractivity contribution in [1.82, 2.24) is 0 Å². The molecule has 0 rings (SSSR count). The molecule has 0 amide bonds. The molecule has 0 aromatic carbocycles. The summed E-state index contributed by atoms with van der Waals surface area (Å²) < 4.78 is 0. The van der Waals surface area contributed by atoms with E-state index in [-0.39, 0.29) is 42.1 Å². The molecular weight excluding hydrogens is 115 g/mol. The van der Waals surface area contributed by atoms with Crippen LogP contribution in [0.3, 0.4) is 0 Å². The predicted molar refractivity (Wildman–Crippen MR) is 27.6 cm³/mol. The average Bonchev–Trinajstić information content (AvgIpc) is 1.65. The van der Waals surface area contributed by atoms with E-state index in [4.69, 9.17) is 10.2 Å². The Morgan fingerprint density at radius 1 is 1.62 bits per heavy atom. The van der Waals surface area contributed by atoms with E-state index < -0.39 is 6.10 Å². The minimum Gasteiger partial charge on any atom is -0.394 e. The summed E-state index contributed by atoms with van der Waals surface area (Å²) in [7, 11) is 0. The molecule has 0 aliphatic heterocycles. The summed E-state index contributed by atoms with van der Waals surface area (Å²) in [5, 5.41) is 16.8. The molecule has 0 aromatic heterocycles. The number of hydrogen-bond donors (Lipinski definition) is 2. The summed E-state index contributed by atoms with van der Waals surface area (Å²) in [6.45, 7) is 5.06. The van der Waals surface area contributed by atoms with Gasteiger partial charge in [-0.2, -0.15) is 0 Å². The van der Waals surface area contributed by atoms with E-state index in [0.29, 0.717) is 0 Å². The van der Waals surface area contributed by atoms with Gasteiger partial charge in [0.15, 0.2) is 0 Å². The van der Waals surface area contributed by atoms with Gasteiger partial charge in [0.1, 0.15) is 0 Å². The molecule has 0 fully saturated rings. The van der Waals surface area contributed by atoms with Gasteiger partial charge >= 0.3 is 29.6 Å². The van der Waals surface area contributed by atoms with Crippen LogP contribution in [-0.4, -0.2) is 22.9 Å². The number of aliphatic hydroxyl groups excluding tert-OH is 2. The molecule has 0 saturated heterocycles. The molecule has 3 heteroatoms. The first kappa shape index (κ1) is 11.7. The summed E-state index contributed by atoms with van der Waals surface area (Å²) in [6.07, 6.45) is -0.653. The second kappa shape index (κ2) is 6.05. The molecule has 0 spiro atoms. The van der Waals surface area contributed by atoms with Crippen LogP contribution in [0.5, 0.6) is 0 Å². The number of rotatable bonds is 2. The standard InChI is InChI=1S/C5H11O2.Na/c1-4(2)5(7)3-6;/h4-7H,1,3H2,2H3;/q-1;+1. The molecule has 0 aliphatic carbocycles. The fraction of sp³-hybridized carbons (Fsp3) is 0.800. The molecule has 2 nitrogen and oxygen atoms in total. The molecule has 44 valence electrons. The first-order valence-electron chi connectivity index (χ1n) is 2.30. The summed E-state index contributed by atoms with van der Waals surface area (Å²) in [5.41, 5.74) is 0. The third kappa shape index (κ3) is 5.06. The Kier molecular flexibility index (Phi) is 8.83. The van der Waals surface area contributed by atoms with Gasteiger partial charge in [0, 0.05) is 0 Å². The second-order valence-corrected chi connectivity index (χ2v) is 1.73. The SMILES string of the molecule is [CH2-]C(C)C(O)CO.[Na+]. The minimum atomic E-state index is -0.653. The van der Waals surface area contributed by atoms with Crippen molar-refractivity contribution >= 4 is 0 Å². The Balaban J connectivity index is 0. The molecule has 0 bridgehead atoms. The van der Waals surface area contributed by atoms with E-state index in [1.165, 1.54) is 0 Å². The quantitative estimate of drug-likeness (QED) is 0.302. The van der Waals surface area contributed by atoms with Crippen LogP contribution in [0.1, 0.15) is 6.92 Å². The maximum absolute atomic E-state index is 8.62. The summed E-state index contributed by atoms with van der Waals surface area (Å²) >= 11 is 0. The van der Waals surface area contributed by atoms with Gasteiger partial charge in [-0.1, -0.05) is 6.92 Å². The number of aliphatic hydroxyl groups is 2. The van der Waals surface area contributed by atoms with E-state index in [1.807, 2.05) is 0 Å². The Morgan fingerprint density at radius 2 is 2.00 bits per heavy atom. The fourth-order valence-electron chi connectivity index (χ4n) is 0.180. The Hall–Kier alpha value is 0.920. The average molecular weight is 126 g/mol. The van der Waals surface area contributed by atoms with Crippen molar-refractivity contribution in [2.45, 2.75) is 13.0 Å². The van der Waals surface area contributed by atoms with Gasteiger partial charge in [0.2, 0.25) is 0 Å². The van der Waals surface area contributed by atoms with Gasteiger partial charge in [-0.05, 0) is 0 Å². The van der Waals surface area contributed by atoms with Gasteiger partial charge in [0.05, 0.1) is 12.7 Å². The van der Waals surface area contributed by atoms with Crippen LogP contribution in [0.15, 0.2) is 0 Å². The van der Waals surface area contributed by atoms with Gasteiger partial charge in [-0.25, -0.2) is 0 Å². The molecular formula is C5H11NaO2. The Labute approximate surface area is 72.2 Å². The van der Waals surface area contributed by atoms with Crippen LogP contribution in [0, 0.1) is 12.8 Å². The van der Waals surface area contributed by atoms with Gasteiger partial charge in [0.25, 0.3) is 0 Å². The summed E-state index contributed by atoms with van der Waals surface area (Å²) in [6, 6.07) is 0. The van der Waals surface area contributed by atoms with Crippen molar-refractivity contribution in [3.8, 4) is 0 Å². The van der Waals surface area contributed by atoms with Crippen LogP contribution in [-0.2, 0) is 0 Å². The zero-order chi connectivity index (χ0) is 5.86. The summed E-state index contributed by atoms with van der Waals surface area (Å²) in [5.74, 6) is -0.0787. The molecule has 2 atom stereocenters. The van der Waals surface area contributed by atoms with Crippen molar-refractivity contribution in [1.29, 1.82) is 0 Å². The maximum atomic E-state index is 8.62. The van der Waals surface area contributed by atoms with E-state index in [9.17, 15) is 0 Å². The molecule has 2 unspecified atom stereocenters. The van der Waals surface area contributed by atoms with Crippen molar-refractivity contribution < 1.29 is 39.8 Å². The zero-order valence-corrected chi connectivity index (χ0v) is 7.46. The van der Waals surface area contributed by atoms with Crippen molar-refractivity contribution in [3.63, 3.8) is 0 Å². The molecule has 8 heavy (non-hydrogen) atoms. The molecule has 0 heterocycles. The van der Waals surface area contributed by atoms with E-state index in [2.05, 4.69) is 6.92 Å². The summed E-state index contributed by atoms with van der Waals surface area (Å²) in [4.78, 5) is 0. The predicted octanol–water partition coefficient (Wildman–Crippen LogP) is -3.19. The van der Waals surface area contributed by atoms with Crippen LogP contribution >= 0.6 is 0 Å². The van der Waals surface area contributed by atoms with Crippen molar-refractivity contribution in [3.05, 3.63) is 6.92 Å². The third-order valence-electron chi connectivity index (χ3n) is 0.844. The first-order chi connectivity index (χ1) is 3.18. The smallest absolute Gasteiger partial charge is 0.394 e. The van der Waals surface area contributed by atoms with E-state index in [1.54, 1.807) is 6.92 Å². The zero-order valence-electron chi connectivity index (χ0n) is 5.46. The molecule has 0 aliphatic rings. The molecule has 0 aromatic rings. The largest absolute Gasteiger partial charge is 1.00 e. The minimum absolute atomic E-state index is 0. The third-order valence-corrected chi connectivity index (χ3v) is 0.844. The molecule has 0 saturated carbocycles. The van der Waals surface area contributed by atoms with Crippen molar-refractivity contribution in [2.24, 2.45) is 5.92 Å². The first-order valence-corrected chi connectivity index (χ1v) is 2.30. The molecule has 0 radical (unpaired) electrons. The second-order valence-electron chi connectivity index (χ2n) is 1.73. The van der Waals surface area contributed by atoms with Crippen LogP contribution in [0.4, 0.5) is 0 Å². The van der Waals surface area contributed by atoms with Gasteiger partial charge in [-0.3, -0.25) is 0 Å². The van der Waals surface area contributed by atoms with Crippen LogP contribution in [0.2, 0.25) is 0 Å².